The highest BCUT2D eigenvalue weighted by molar-refractivity contribution is 5.80. The number of fused-ring (bicyclic) bond motifs is 1. The van der Waals surface area contributed by atoms with Gasteiger partial charge in [-0.2, -0.15) is 0 Å². The molecule has 2 aromatic rings. The quantitative estimate of drug-likeness (QED) is 0.780. The maximum atomic E-state index is 11.9. The first-order valence-corrected chi connectivity index (χ1v) is 6.91. The maximum Gasteiger partial charge on any atom is 0.326 e. The topological polar surface area (TPSA) is 87.1 Å². The molecule has 114 valence electrons. The van der Waals surface area contributed by atoms with Gasteiger partial charge in [0, 0.05) is 6.54 Å². The molecule has 1 aromatic carbocycles. The molecule has 2 rings (SSSR count). The van der Waals surface area contributed by atoms with E-state index in [0.29, 0.717) is 11.0 Å². The fraction of sp³-hybridized carbons (Fsp3) is 0.467. The van der Waals surface area contributed by atoms with Crippen LogP contribution in [0.4, 0.5) is 0 Å². The summed E-state index contributed by atoms with van der Waals surface area (Å²) in [7, 11) is 0. The van der Waals surface area contributed by atoms with Gasteiger partial charge >= 0.3 is 5.69 Å². The maximum absolute atomic E-state index is 11.9. The van der Waals surface area contributed by atoms with E-state index in [9.17, 15) is 14.7 Å². The van der Waals surface area contributed by atoms with Crippen molar-refractivity contribution >= 4 is 16.9 Å². The molecule has 0 saturated heterocycles. The number of nitrogens with one attached hydrogen (secondary N) is 2. The van der Waals surface area contributed by atoms with Gasteiger partial charge < -0.3 is 15.4 Å². The molecule has 1 atom stereocenters. The highest BCUT2D eigenvalue weighted by Gasteiger charge is 2.22. The SMILES string of the molecule is CC(C)(C)C(O)CNC(=O)Cn1c(=O)[nH]c2ccccc21. The second-order valence-corrected chi connectivity index (χ2v) is 6.22. The van der Waals surface area contributed by atoms with E-state index in [1.165, 1.54) is 4.57 Å². The Bertz CT molecular complexity index is 694. The minimum absolute atomic E-state index is 0.0697. The van der Waals surface area contributed by atoms with Crippen molar-refractivity contribution in [3.63, 3.8) is 0 Å². The minimum Gasteiger partial charge on any atom is -0.391 e. The van der Waals surface area contributed by atoms with E-state index >= 15 is 0 Å². The lowest BCUT2D eigenvalue weighted by Crippen LogP contribution is -2.41. The largest absolute Gasteiger partial charge is 0.391 e. The van der Waals surface area contributed by atoms with Crippen LogP contribution in [0.25, 0.3) is 11.0 Å². The third-order valence-electron chi connectivity index (χ3n) is 3.48. The number of benzene rings is 1. The number of rotatable bonds is 4. The summed E-state index contributed by atoms with van der Waals surface area (Å²) in [6.45, 7) is 5.79. The first-order chi connectivity index (χ1) is 9.79. The van der Waals surface area contributed by atoms with Crippen molar-refractivity contribution in [2.24, 2.45) is 5.41 Å². The van der Waals surface area contributed by atoms with Crippen molar-refractivity contribution in [3.05, 3.63) is 34.7 Å². The summed E-state index contributed by atoms with van der Waals surface area (Å²) in [5.74, 6) is -0.301. The standard InChI is InChI=1S/C15H21N3O3/c1-15(2,3)12(19)8-16-13(20)9-18-11-7-5-4-6-10(11)17-14(18)21/h4-7,12,19H,8-9H2,1-3H3,(H,16,20)(H,17,21). The Kier molecular flexibility index (Phi) is 4.18. The number of imidazole rings is 1. The van der Waals surface area contributed by atoms with Crippen LogP contribution in [0.5, 0.6) is 0 Å². The number of aromatic nitrogens is 2. The van der Waals surface area contributed by atoms with Crippen LogP contribution in [0.3, 0.4) is 0 Å². The van der Waals surface area contributed by atoms with E-state index < -0.39 is 6.10 Å². The molecule has 0 saturated carbocycles. The van der Waals surface area contributed by atoms with Crippen molar-refractivity contribution < 1.29 is 9.90 Å². The van der Waals surface area contributed by atoms with Gasteiger partial charge in [-0.3, -0.25) is 9.36 Å². The number of aliphatic hydroxyl groups is 1. The number of para-hydroxylation sites is 2. The Morgan fingerprint density at radius 2 is 2.05 bits per heavy atom. The summed E-state index contributed by atoms with van der Waals surface area (Å²) in [6.07, 6.45) is -0.638. The Labute approximate surface area is 122 Å². The highest BCUT2D eigenvalue weighted by atomic mass is 16.3. The number of hydrogen-bond acceptors (Lipinski definition) is 3. The Morgan fingerprint density at radius 1 is 1.38 bits per heavy atom. The Balaban J connectivity index is 2.05. The van der Waals surface area contributed by atoms with Crippen LogP contribution < -0.4 is 11.0 Å². The van der Waals surface area contributed by atoms with Crippen LogP contribution in [-0.2, 0) is 11.3 Å². The molecular weight excluding hydrogens is 270 g/mol. The average molecular weight is 291 g/mol. The molecule has 1 amide bonds. The molecule has 1 aromatic heterocycles. The fourth-order valence-electron chi connectivity index (χ4n) is 1.98. The minimum atomic E-state index is -0.638. The number of carbonyl (C=O) groups is 1. The van der Waals surface area contributed by atoms with Gasteiger partial charge in [-0.25, -0.2) is 4.79 Å². The predicted molar refractivity (Wildman–Crippen MR) is 81.0 cm³/mol. The summed E-state index contributed by atoms with van der Waals surface area (Å²) in [6, 6.07) is 7.20. The van der Waals surface area contributed by atoms with Gasteiger partial charge in [0.25, 0.3) is 0 Å². The lowest BCUT2D eigenvalue weighted by Gasteiger charge is -2.25. The second kappa shape index (κ2) is 5.73. The third-order valence-corrected chi connectivity index (χ3v) is 3.48. The van der Waals surface area contributed by atoms with Gasteiger partial charge in [-0.1, -0.05) is 32.9 Å². The van der Waals surface area contributed by atoms with Crippen LogP contribution in [0.1, 0.15) is 20.8 Å². The molecule has 0 aliphatic carbocycles. The summed E-state index contributed by atoms with van der Waals surface area (Å²) in [5.41, 5.74) is 0.770. The number of amides is 1. The summed E-state index contributed by atoms with van der Waals surface area (Å²) in [4.78, 5) is 26.5. The van der Waals surface area contributed by atoms with E-state index in [4.69, 9.17) is 0 Å². The van der Waals surface area contributed by atoms with Crippen molar-refractivity contribution in [2.45, 2.75) is 33.4 Å². The first kappa shape index (κ1) is 15.3. The predicted octanol–water partition coefficient (Wildman–Crippen LogP) is 0.853. The van der Waals surface area contributed by atoms with Crippen LogP contribution in [0, 0.1) is 5.41 Å². The second-order valence-electron chi connectivity index (χ2n) is 6.22. The van der Waals surface area contributed by atoms with Crippen LogP contribution in [-0.4, -0.2) is 33.2 Å². The van der Waals surface area contributed by atoms with E-state index in [0.717, 1.165) is 0 Å². The normalized spacial score (nSPS) is 13.3. The number of nitrogens with zero attached hydrogens (tertiary/aromatic N) is 1. The molecule has 0 radical (unpaired) electrons. The third kappa shape index (κ3) is 3.52. The molecule has 21 heavy (non-hydrogen) atoms. The zero-order valence-electron chi connectivity index (χ0n) is 12.5. The molecule has 0 fully saturated rings. The molecule has 0 aliphatic rings. The fourth-order valence-corrected chi connectivity index (χ4v) is 1.98. The summed E-state index contributed by atoms with van der Waals surface area (Å²) >= 11 is 0. The van der Waals surface area contributed by atoms with Crippen molar-refractivity contribution in [1.29, 1.82) is 0 Å². The van der Waals surface area contributed by atoms with Gasteiger partial charge in [-0.15, -0.1) is 0 Å². The number of carbonyl (C=O) groups excluding carboxylic acids is 1. The van der Waals surface area contributed by atoms with Crippen LogP contribution >= 0.6 is 0 Å². The lowest BCUT2D eigenvalue weighted by molar-refractivity contribution is -0.122. The van der Waals surface area contributed by atoms with Gasteiger partial charge in [0.2, 0.25) is 5.91 Å². The molecule has 6 heteroatoms. The van der Waals surface area contributed by atoms with E-state index in [-0.39, 0.29) is 30.1 Å². The molecule has 0 spiro atoms. The number of hydrogen-bond donors (Lipinski definition) is 3. The molecule has 6 nitrogen and oxygen atoms in total. The average Bonchev–Trinajstić information content (AvgIpc) is 2.71. The molecule has 1 unspecified atom stereocenters. The van der Waals surface area contributed by atoms with Gasteiger partial charge in [0.15, 0.2) is 0 Å². The van der Waals surface area contributed by atoms with E-state index in [1.807, 2.05) is 32.9 Å². The smallest absolute Gasteiger partial charge is 0.326 e. The number of aliphatic hydroxyl groups excluding tert-OH is 1. The lowest BCUT2D eigenvalue weighted by atomic mass is 9.89. The van der Waals surface area contributed by atoms with Gasteiger partial charge in [0.1, 0.15) is 6.54 Å². The molecule has 0 aliphatic heterocycles. The van der Waals surface area contributed by atoms with Crippen molar-refractivity contribution in [2.75, 3.05) is 6.54 Å². The summed E-state index contributed by atoms with van der Waals surface area (Å²) in [5, 5.41) is 12.6. The zero-order valence-corrected chi connectivity index (χ0v) is 12.5. The van der Waals surface area contributed by atoms with E-state index in [2.05, 4.69) is 10.3 Å². The number of aromatic amines is 1. The zero-order chi connectivity index (χ0) is 15.6. The van der Waals surface area contributed by atoms with E-state index in [1.54, 1.807) is 12.1 Å². The Hall–Kier alpha value is -2.08. The number of H-pyrrole nitrogens is 1. The van der Waals surface area contributed by atoms with Crippen LogP contribution in [0.15, 0.2) is 29.1 Å². The van der Waals surface area contributed by atoms with Crippen molar-refractivity contribution in [3.8, 4) is 0 Å². The van der Waals surface area contributed by atoms with Gasteiger partial charge in [-0.05, 0) is 17.5 Å². The molecule has 3 N–H and O–H groups in total. The molecular formula is C15H21N3O3. The monoisotopic (exact) mass is 291 g/mol. The van der Waals surface area contributed by atoms with Crippen molar-refractivity contribution in [1.82, 2.24) is 14.9 Å². The molecule has 1 heterocycles. The Morgan fingerprint density at radius 3 is 2.71 bits per heavy atom. The first-order valence-electron chi connectivity index (χ1n) is 6.91. The molecule has 0 bridgehead atoms. The van der Waals surface area contributed by atoms with Gasteiger partial charge in [0.05, 0.1) is 17.1 Å². The summed E-state index contributed by atoms with van der Waals surface area (Å²) < 4.78 is 1.38. The van der Waals surface area contributed by atoms with Crippen LogP contribution in [0.2, 0.25) is 0 Å². The highest BCUT2D eigenvalue weighted by Crippen LogP contribution is 2.18.